The number of anilines is 1. The lowest BCUT2D eigenvalue weighted by Gasteiger charge is -2.10. The molecule has 5 rings (SSSR count). The molecule has 0 saturated heterocycles. The number of rotatable bonds is 5. The lowest BCUT2D eigenvalue weighted by atomic mass is 10.0. The van der Waals surface area contributed by atoms with Crippen molar-refractivity contribution in [3.8, 4) is 5.75 Å². The topological polar surface area (TPSA) is 75.8 Å². The van der Waals surface area contributed by atoms with Crippen molar-refractivity contribution < 1.29 is 4.74 Å². The monoisotopic (exact) mass is 576 g/mol. The molecule has 3 aromatic carbocycles. The van der Waals surface area contributed by atoms with Gasteiger partial charge in [-0.25, -0.2) is 0 Å². The molecule has 0 spiro atoms. The summed E-state index contributed by atoms with van der Waals surface area (Å²) in [5.74, 6) is 0.836. The van der Waals surface area contributed by atoms with Crippen LogP contribution in [-0.2, 0) is 6.42 Å². The Balaban J connectivity index is 1.48. The first-order valence-electron chi connectivity index (χ1n) is 10.8. The molecule has 7 heteroatoms. The number of nitrogens with two attached hydrogens (primary N) is 1. The fourth-order valence-corrected chi connectivity index (χ4v) is 4.84. The third-order valence-corrected chi connectivity index (χ3v) is 6.80. The molecule has 34 heavy (non-hydrogen) atoms. The number of hydrogen-bond acceptors (Lipinski definition) is 4. The Bertz CT molecular complexity index is 1480. The van der Waals surface area contributed by atoms with Crippen molar-refractivity contribution in [2.75, 3.05) is 19.4 Å². The van der Waals surface area contributed by atoms with Gasteiger partial charge in [0.05, 0.1) is 24.2 Å². The highest BCUT2D eigenvalue weighted by atomic mass is 79.9. The van der Waals surface area contributed by atoms with Gasteiger partial charge in [0.15, 0.2) is 0 Å². The van der Waals surface area contributed by atoms with Crippen LogP contribution in [0.5, 0.6) is 5.75 Å². The first-order chi connectivity index (χ1) is 16.5. The largest absolute Gasteiger partial charge is 0.497 e. The van der Waals surface area contributed by atoms with Crippen LogP contribution >= 0.6 is 31.9 Å². The molecule has 0 amide bonds. The van der Waals surface area contributed by atoms with E-state index in [1.165, 1.54) is 10.9 Å². The number of benzene rings is 3. The molecule has 0 aliphatic carbocycles. The second-order valence-electron chi connectivity index (χ2n) is 7.97. The fourth-order valence-electron chi connectivity index (χ4n) is 4.08. The zero-order valence-corrected chi connectivity index (χ0v) is 21.7. The van der Waals surface area contributed by atoms with E-state index < -0.39 is 0 Å². The number of nitrogens with one attached hydrogen (secondary N) is 1. The first-order valence-corrected chi connectivity index (χ1v) is 12.4. The number of halogens is 2. The smallest absolute Gasteiger partial charge is 0.120 e. The predicted octanol–water partition coefficient (Wildman–Crippen LogP) is 7.09. The summed E-state index contributed by atoms with van der Waals surface area (Å²) < 4.78 is 7.33. The van der Waals surface area contributed by atoms with E-state index in [1.807, 2.05) is 48.5 Å². The van der Waals surface area contributed by atoms with E-state index >= 15 is 0 Å². The van der Waals surface area contributed by atoms with Crippen molar-refractivity contribution in [3.63, 3.8) is 0 Å². The molecule has 0 fully saturated rings. The third-order valence-electron chi connectivity index (χ3n) is 5.82. The van der Waals surface area contributed by atoms with E-state index in [9.17, 15) is 0 Å². The number of aromatic amines is 1. The van der Waals surface area contributed by atoms with Gasteiger partial charge in [0.25, 0.3) is 0 Å². The predicted molar refractivity (Wildman–Crippen MR) is 149 cm³/mol. The Morgan fingerprint density at radius 3 is 2.62 bits per heavy atom. The van der Waals surface area contributed by atoms with Gasteiger partial charge in [-0.3, -0.25) is 9.98 Å². The number of methoxy groups -OCH3 is 1. The average molecular weight is 578 g/mol. The first kappa shape index (κ1) is 22.6. The molecule has 1 aliphatic heterocycles. The highest BCUT2D eigenvalue weighted by Crippen LogP contribution is 2.30. The number of allylic oxidation sites excluding steroid dienone is 1. The maximum atomic E-state index is 6.11. The summed E-state index contributed by atoms with van der Waals surface area (Å²) >= 11 is 7.07. The van der Waals surface area contributed by atoms with Crippen molar-refractivity contribution in [2.45, 2.75) is 6.42 Å². The molecule has 170 valence electrons. The van der Waals surface area contributed by atoms with E-state index in [0.29, 0.717) is 5.69 Å². The van der Waals surface area contributed by atoms with Gasteiger partial charge >= 0.3 is 0 Å². The summed E-state index contributed by atoms with van der Waals surface area (Å²) in [5, 5.41) is 1.22. The fraction of sp³-hybridized carbons (Fsp3) is 0.111. The van der Waals surface area contributed by atoms with Crippen LogP contribution in [-0.4, -0.2) is 30.6 Å². The van der Waals surface area contributed by atoms with Crippen LogP contribution in [0.25, 0.3) is 17.0 Å². The zero-order valence-electron chi connectivity index (χ0n) is 18.5. The maximum absolute atomic E-state index is 6.11. The van der Waals surface area contributed by atoms with E-state index in [4.69, 9.17) is 20.5 Å². The Labute approximate surface area is 214 Å². The second kappa shape index (κ2) is 9.60. The van der Waals surface area contributed by atoms with Crippen LogP contribution in [0.4, 0.5) is 11.4 Å². The number of nitrogens with zero attached hydrogens (tertiary/aromatic N) is 2. The number of H-pyrrole nitrogens is 1. The minimum absolute atomic E-state index is 0.681. The molecule has 1 aromatic heterocycles. The Morgan fingerprint density at radius 1 is 1.00 bits per heavy atom. The van der Waals surface area contributed by atoms with Crippen LogP contribution in [0.1, 0.15) is 22.4 Å². The Morgan fingerprint density at radius 2 is 1.79 bits per heavy atom. The van der Waals surface area contributed by atoms with Gasteiger partial charge in [-0.15, -0.1) is 0 Å². The minimum Gasteiger partial charge on any atom is -0.497 e. The molecular formula is C27H22Br2N4O. The summed E-state index contributed by atoms with van der Waals surface area (Å²) in [7, 11) is 1.68. The van der Waals surface area contributed by atoms with Gasteiger partial charge in [-0.1, -0.05) is 37.9 Å². The van der Waals surface area contributed by atoms with Crippen LogP contribution in [0.3, 0.4) is 0 Å². The number of hydrogen-bond donors (Lipinski definition) is 2. The molecule has 0 unspecified atom stereocenters. The Hall–Kier alpha value is -3.16. The number of ether oxygens (including phenoxy) is 1. The SMILES string of the molecule is COc1ccc2c3c([nH]c2c1)C(/C=C\c1cc(Br)ccc1/N=C/c1cc(Br)ccc1N)=NCC3. The summed E-state index contributed by atoms with van der Waals surface area (Å²) in [6.07, 6.45) is 6.82. The highest BCUT2D eigenvalue weighted by molar-refractivity contribution is 9.10. The van der Waals surface area contributed by atoms with Crippen LogP contribution in [0.15, 0.2) is 79.6 Å². The van der Waals surface area contributed by atoms with Gasteiger partial charge in [0.2, 0.25) is 0 Å². The number of nitrogen functional groups attached to an aromatic ring is 1. The van der Waals surface area contributed by atoms with Gasteiger partial charge in [0.1, 0.15) is 5.75 Å². The molecule has 3 N–H and O–H groups in total. The van der Waals surface area contributed by atoms with Crippen molar-refractivity contribution in [2.24, 2.45) is 9.98 Å². The van der Waals surface area contributed by atoms with Crippen molar-refractivity contribution in [1.82, 2.24) is 4.98 Å². The minimum atomic E-state index is 0.681. The van der Waals surface area contributed by atoms with Crippen molar-refractivity contribution in [3.05, 3.63) is 92.0 Å². The van der Waals surface area contributed by atoms with Crippen LogP contribution in [0.2, 0.25) is 0 Å². The molecule has 4 aromatic rings. The van der Waals surface area contributed by atoms with Crippen molar-refractivity contribution >= 4 is 72.1 Å². The zero-order chi connectivity index (χ0) is 23.7. The van der Waals surface area contributed by atoms with E-state index in [2.05, 4.69) is 55.1 Å². The third kappa shape index (κ3) is 4.58. The van der Waals surface area contributed by atoms with E-state index in [0.717, 1.165) is 61.4 Å². The Kier molecular flexibility index (Phi) is 6.39. The highest BCUT2D eigenvalue weighted by Gasteiger charge is 2.18. The quantitative estimate of drug-likeness (QED) is 0.196. The summed E-state index contributed by atoms with van der Waals surface area (Å²) in [5.41, 5.74) is 13.8. The van der Waals surface area contributed by atoms with Crippen molar-refractivity contribution in [1.29, 1.82) is 0 Å². The molecule has 0 saturated carbocycles. The lowest BCUT2D eigenvalue weighted by Crippen LogP contribution is -2.09. The number of fused-ring (bicyclic) bond motifs is 3. The normalized spacial score (nSPS) is 13.6. The molecule has 1 aliphatic rings. The van der Waals surface area contributed by atoms with Crippen LogP contribution in [0, 0.1) is 0 Å². The van der Waals surface area contributed by atoms with E-state index in [1.54, 1.807) is 13.3 Å². The summed E-state index contributed by atoms with van der Waals surface area (Å²) in [6.45, 7) is 0.761. The summed E-state index contributed by atoms with van der Waals surface area (Å²) in [6, 6.07) is 17.9. The van der Waals surface area contributed by atoms with Gasteiger partial charge in [-0.2, -0.15) is 0 Å². The lowest BCUT2D eigenvalue weighted by molar-refractivity contribution is 0.415. The van der Waals surface area contributed by atoms with Crippen LogP contribution < -0.4 is 10.5 Å². The van der Waals surface area contributed by atoms with E-state index in [-0.39, 0.29) is 0 Å². The average Bonchev–Trinajstić information content (AvgIpc) is 3.22. The molecule has 0 radical (unpaired) electrons. The second-order valence-corrected chi connectivity index (χ2v) is 9.81. The maximum Gasteiger partial charge on any atom is 0.120 e. The summed E-state index contributed by atoms with van der Waals surface area (Å²) in [4.78, 5) is 13.1. The standard InChI is InChI=1S/C27H22Br2N4O/c1-34-20-5-6-21-22-10-11-31-25(27(22)33-26(21)14-20)8-2-16-12-19(29)4-9-24(16)32-15-17-13-18(28)3-7-23(17)30/h2-9,12-15,33H,10-11,30H2,1H3/b8-2-,32-15+. The van der Waals surface area contributed by atoms with Gasteiger partial charge in [-0.05, 0) is 66.6 Å². The molecule has 5 nitrogen and oxygen atoms in total. The van der Waals surface area contributed by atoms with Gasteiger partial charge in [0, 0.05) is 55.5 Å². The van der Waals surface area contributed by atoms with Gasteiger partial charge < -0.3 is 15.5 Å². The molecule has 0 atom stereocenters. The molecular weight excluding hydrogens is 556 g/mol. The number of aromatic nitrogens is 1. The molecule has 2 heterocycles. The number of aliphatic imine (C=N–C) groups is 2. The molecule has 0 bridgehead atoms.